The van der Waals surface area contributed by atoms with Crippen molar-refractivity contribution in [1.29, 1.82) is 0 Å². The zero-order chi connectivity index (χ0) is 17.5. The topological polar surface area (TPSA) is 69.6 Å². The number of guanidine groups is 1. The number of hydrogen-bond donors (Lipinski definition) is 1. The molecule has 3 rings (SSSR count). The Hall–Kier alpha value is -0.650. The van der Waals surface area contributed by atoms with Crippen LogP contribution in [0.25, 0.3) is 0 Å². The van der Waals surface area contributed by atoms with Gasteiger partial charge in [0.25, 0.3) is 5.91 Å². The molecule has 0 saturated carbocycles. The van der Waals surface area contributed by atoms with E-state index >= 15 is 0 Å². The van der Waals surface area contributed by atoms with Crippen LogP contribution in [-0.4, -0.2) is 112 Å². The molecule has 26 heavy (non-hydrogen) atoms. The number of carbonyl (C=O) groups excluding carboxylic acids is 1. The van der Waals surface area contributed by atoms with E-state index < -0.39 is 0 Å². The van der Waals surface area contributed by atoms with Crippen LogP contribution < -0.4 is 5.32 Å². The highest BCUT2D eigenvalue weighted by Gasteiger charge is 2.30. The van der Waals surface area contributed by atoms with Gasteiger partial charge in [-0.1, -0.05) is 0 Å². The number of carbonyl (C=O) groups is 1. The minimum absolute atomic E-state index is 0. The predicted molar refractivity (Wildman–Crippen MR) is 111 cm³/mol. The molecular formula is C17H32IN5O3. The number of hydrogen-bond acceptors (Lipinski definition) is 5. The second-order valence-electron chi connectivity index (χ2n) is 6.74. The maximum absolute atomic E-state index is 12.4. The summed E-state index contributed by atoms with van der Waals surface area (Å²) >= 11 is 0. The fraction of sp³-hybridized carbons (Fsp3) is 0.882. The fourth-order valence-electron chi connectivity index (χ4n) is 3.60. The summed E-state index contributed by atoms with van der Waals surface area (Å²) in [6, 6.07) is 0. The molecule has 0 aliphatic carbocycles. The van der Waals surface area contributed by atoms with Crippen molar-refractivity contribution in [2.24, 2.45) is 4.99 Å². The number of halogens is 1. The molecule has 0 bridgehead atoms. The Labute approximate surface area is 173 Å². The number of nitrogens with one attached hydrogen (secondary N) is 1. The molecule has 3 fully saturated rings. The largest absolute Gasteiger partial charge is 0.379 e. The summed E-state index contributed by atoms with van der Waals surface area (Å²) in [5.41, 5.74) is 0. The summed E-state index contributed by atoms with van der Waals surface area (Å²) in [4.78, 5) is 23.4. The van der Waals surface area contributed by atoms with Gasteiger partial charge in [-0.15, -0.1) is 24.0 Å². The summed E-state index contributed by atoms with van der Waals surface area (Å²) in [6.45, 7) is 9.37. The molecule has 8 nitrogen and oxygen atoms in total. The molecule has 9 heteroatoms. The van der Waals surface area contributed by atoms with Crippen LogP contribution in [0.15, 0.2) is 4.99 Å². The zero-order valence-electron chi connectivity index (χ0n) is 15.7. The number of aliphatic imine (C=N–C) groups is 1. The summed E-state index contributed by atoms with van der Waals surface area (Å²) in [5.74, 6) is 1.09. The van der Waals surface area contributed by atoms with Gasteiger partial charge in [0, 0.05) is 66.0 Å². The molecule has 1 atom stereocenters. The fourth-order valence-corrected chi connectivity index (χ4v) is 3.60. The first-order chi connectivity index (χ1) is 12.3. The molecule has 0 radical (unpaired) electrons. The smallest absolute Gasteiger partial charge is 0.251 e. The van der Waals surface area contributed by atoms with E-state index in [2.05, 4.69) is 20.1 Å². The van der Waals surface area contributed by atoms with Crippen LogP contribution in [0.3, 0.4) is 0 Å². The van der Waals surface area contributed by atoms with E-state index in [1.165, 1.54) is 0 Å². The normalized spacial score (nSPS) is 25.1. The molecule has 1 N–H and O–H groups in total. The van der Waals surface area contributed by atoms with Gasteiger partial charge in [0.2, 0.25) is 0 Å². The lowest BCUT2D eigenvalue weighted by Crippen LogP contribution is -2.55. The molecule has 0 aromatic heterocycles. The highest BCUT2D eigenvalue weighted by Crippen LogP contribution is 2.16. The van der Waals surface area contributed by atoms with Gasteiger partial charge in [-0.05, 0) is 12.8 Å². The minimum Gasteiger partial charge on any atom is -0.379 e. The van der Waals surface area contributed by atoms with Gasteiger partial charge in [-0.25, -0.2) is 0 Å². The number of morpholine rings is 1. The van der Waals surface area contributed by atoms with Crippen molar-refractivity contribution in [3.8, 4) is 0 Å². The highest BCUT2D eigenvalue weighted by atomic mass is 127. The molecule has 3 aliphatic heterocycles. The Bertz CT molecular complexity index is 459. The van der Waals surface area contributed by atoms with Crippen molar-refractivity contribution >= 4 is 35.8 Å². The molecular weight excluding hydrogens is 449 g/mol. The van der Waals surface area contributed by atoms with Crippen LogP contribution in [0.4, 0.5) is 0 Å². The standard InChI is InChI=1S/C17H31N5O3.HI/c1-18-17(19-4-5-20-10-13-24-14-11-20)22-8-6-21(7-9-22)16(23)15-3-2-12-25-15;/h15H,2-14H2,1H3,(H,18,19);1H. The predicted octanol–water partition coefficient (Wildman–Crippen LogP) is -0.165. The van der Waals surface area contributed by atoms with Gasteiger partial charge in [-0.2, -0.15) is 0 Å². The lowest BCUT2D eigenvalue weighted by molar-refractivity contribution is -0.142. The monoisotopic (exact) mass is 481 g/mol. The molecule has 3 saturated heterocycles. The van der Waals surface area contributed by atoms with E-state index in [1.54, 1.807) is 0 Å². The Morgan fingerprint density at radius 3 is 2.38 bits per heavy atom. The average Bonchev–Trinajstić information content (AvgIpc) is 3.20. The Balaban J connectivity index is 0.00000243. The summed E-state index contributed by atoms with van der Waals surface area (Å²) in [6.07, 6.45) is 1.65. The highest BCUT2D eigenvalue weighted by molar-refractivity contribution is 14.0. The first-order valence-corrected chi connectivity index (χ1v) is 9.44. The lowest BCUT2D eigenvalue weighted by atomic mass is 10.2. The molecule has 150 valence electrons. The van der Waals surface area contributed by atoms with Crippen molar-refractivity contribution in [2.45, 2.75) is 18.9 Å². The first-order valence-electron chi connectivity index (χ1n) is 9.44. The number of piperazine rings is 1. The lowest BCUT2D eigenvalue weighted by Gasteiger charge is -2.37. The number of nitrogens with zero attached hydrogens (tertiary/aromatic N) is 4. The Morgan fingerprint density at radius 2 is 1.77 bits per heavy atom. The molecule has 1 unspecified atom stereocenters. The zero-order valence-corrected chi connectivity index (χ0v) is 18.0. The van der Waals surface area contributed by atoms with Crippen molar-refractivity contribution in [3.05, 3.63) is 0 Å². The summed E-state index contributed by atoms with van der Waals surface area (Å²) in [5, 5.41) is 3.45. The molecule has 0 aromatic carbocycles. The van der Waals surface area contributed by atoms with Crippen LogP contribution in [0.1, 0.15) is 12.8 Å². The number of ether oxygens (including phenoxy) is 2. The molecule has 3 heterocycles. The molecule has 1 amide bonds. The Morgan fingerprint density at radius 1 is 1.08 bits per heavy atom. The first kappa shape index (κ1) is 21.6. The van der Waals surface area contributed by atoms with Crippen LogP contribution in [-0.2, 0) is 14.3 Å². The third-order valence-corrected chi connectivity index (χ3v) is 5.12. The van der Waals surface area contributed by atoms with Gasteiger partial charge in [0.05, 0.1) is 13.2 Å². The van der Waals surface area contributed by atoms with Gasteiger partial charge in [0.15, 0.2) is 5.96 Å². The van der Waals surface area contributed by atoms with Crippen LogP contribution in [0.5, 0.6) is 0 Å². The SMILES string of the molecule is CN=C(NCCN1CCOCC1)N1CCN(C(=O)C2CCCO2)CC1.I. The second kappa shape index (κ2) is 11.3. The molecule has 0 aromatic rings. The van der Waals surface area contributed by atoms with Gasteiger partial charge in [-0.3, -0.25) is 14.7 Å². The van der Waals surface area contributed by atoms with Crippen LogP contribution >= 0.6 is 24.0 Å². The summed E-state index contributed by atoms with van der Waals surface area (Å²) < 4.78 is 10.9. The van der Waals surface area contributed by atoms with E-state index in [0.29, 0.717) is 0 Å². The number of rotatable bonds is 4. The average molecular weight is 481 g/mol. The molecule has 0 spiro atoms. The van der Waals surface area contributed by atoms with Crippen molar-refractivity contribution < 1.29 is 14.3 Å². The van der Waals surface area contributed by atoms with Crippen LogP contribution in [0.2, 0.25) is 0 Å². The van der Waals surface area contributed by atoms with Crippen LogP contribution in [0, 0.1) is 0 Å². The maximum Gasteiger partial charge on any atom is 0.251 e. The van der Waals surface area contributed by atoms with E-state index in [0.717, 1.165) is 91.0 Å². The maximum atomic E-state index is 12.4. The second-order valence-corrected chi connectivity index (χ2v) is 6.74. The van der Waals surface area contributed by atoms with Crippen molar-refractivity contribution in [2.75, 3.05) is 79.2 Å². The van der Waals surface area contributed by atoms with E-state index in [4.69, 9.17) is 9.47 Å². The van der Waals surface area contributed by atoms with Crippen molar-refractivity contribution in [1.82, 2.24) is 20.0 Å². The number of amides is 1. The van der Waals surface area contributed by atoms with E-state index in [-0.39, 0.29) is 36.0 Å². The third kappa shape index (κ3) is 5.93. The molecule has 3 aliphatic rings. The summed E-state index contributed by atoms with van der Waals surface area (Å²) in [7, 11) is 1.82. The van der Waals surface area contributed by atoms with Gasteiger partial charge < -0.3 is 24.6 Å². The van der Waals surface area contributed by atoms with Gasteiger partial charge in [0.1, 0.15) is 6.10 Å². The minimum atomic E-state index is -0.211. The third-order valence-electron chi connectivity index (χ3n) is 5.12. The van der Waals surface area contributed by atoms with E-state index in [1.807, 2.05) is 11.9 Å². The van der Waals surface area contributed by atoms with E-state index in [9.17, 15) is 4.79 Å². The Kier molecular flexibility index (Phi) is 9.37. The van der Waals surface area contributed by atoms with Crippen molar-refractivity contribution in [3.63, 3.8) is 0 Å². The quantitative estimate of drug-likeness (QED) is 0.342. The van der Waals surface area contributed by atoms with Gasteiger partial charge >= 0.3 is 0 Å².